The summed E-state index contributed by atoms with van der Waals surface area (Å²) in [5.41, 5.74) is 6.53. The number of nitrogens with zero attached hydrogens (tertiary/aromatic N) is 1. The van der Waals surface area contributed by atoms with Crippen LogP contribution in [-0.2, 0) is 11.3 Å². The lowest BCUT2D eigenvalue weighted by Gasteiger charge is -2.11. The summed E-state index contributed by atoms with van der Waals surface area (Å²) in [5.74, 6) is -0.645. The highest BCUT2D eigenvalue weighted by Crippen LogP contribution is 2.11. The molecule has 7 heteroatoms. The van der Waals surface area contributed by atoms with E-state index in [0.29, 0.717) is 30.6 Å². The van der Waals surface area contributed by atoms with Gasteiger partial charge in [0.2, 0.25) is 5.91 Å². The third kappa shape index (κ3) is 5.78. The van der Waals surface area contributed by atoms with E-state index in [9.17, 15) is 9.18 Å². The fraction of sp³-hybridized carbons (Fsp3) is 0.429. The second-order valence-electron chi connectivity index (χ2n) is 4.94. The molecule has 0 saturated carbocycles. The number of nitrogens with one attached hydrogen (secondary N) is 2. The highest BCUT2D eigenvalue weighted by molar-refractivity contribution is 5.98. The van der Waals surface area contributed by atoms with Gasteiger partial charge in [0.25, 0.3) is 0 Å². The topological polar surface area (TPSA) is 99.7 Å². The summed E-state index contributed by atoms with van der Waals surface area (Å²) >= 11 is 0. The fourth-order valence-corrected chi connectivity index (χ4v) is 1.81. The van der Waals surface area contributed by atoms with E-state index >= 15 is 0 Å². The molecule has 0 unspecified atom stereocenters. The molecule has 0 bridgehead atoms. The van der Waals surface area contributed by atoms with Gasteiger partial charge in [0.05, 0.1) is 0 Å². The molecule has 0 atom stereocenters. The minimum absolute atomic E-state index is 0.0340. The van der Waals surface area contributed by atoms with E-state index in [0.717, 1.165) is 0 Å². The van der Waals surface area contributed by atoms with Crippen LogP contribution >= 0.6 is 0 Å². The average molecular weight is 296 g/mol. The number of hydrogen-bond acceptors (Lipinski definition) is 4. The van der Waals surface area contributed by atoms with Crippen LogP contribution in [0.1, 0.15) is 31.4 Å². The van der Waals surface area contributed by atoms with E-state index in [1.165, 1.54) is 12.1 Å². The number of hydrogen-bond donors (Lipinski definition) is 4. The third-order valence-corrected chi connectivity index (χ3v) is 2.75. The zero-order chi connectivity index (χ0) is 15.8. The SMILES string of the molecule is CC(C)NC(=O)CCNCc1ccc(F)cc1/C(N)=N/O. The van der Waals surface area contributed by atoms with Gasteiger partial charge < -0.3 is 21.6 Å². The standard InChI is InChI=1S/C14H21FN4O2/c1-9(2)18-13(20)5-6-17-8-10-3-4-11(15)7-12(10)14(16)19-21/h3-4,7,9,17,21H,5-6,8H2,1-2H3,(H2,16,19)(H,18,20). The normalized spacial score (nSPS) is 11.7. The maximum Gasteiger partial charge on any atom is 0.221 e. The monoisotopic (exact) mass is 296 g/mol. The second-order valence-corrected chi connectivity index (χ2v) is 4.94. The molecule has 0 heterocycles. The molecule has 6 nitrogen and oxygen atoms in total. The number of carbonyl (C=O) groups is 1. The first-order valence-electron chi connectivity index (χ1n) is 6.70. The lowest BCUT2D eigenvalue weighted by molar-refractivity contribution is -0.121. The van der Waals surface area contributed by atoms with Gasteiger partial charge in [-0.2, -0.15) is 0 Å². The Morgan fingerprint density at radius 3 is 2.81 bits per heavy atom. The minimum Gasteiger partial charge on any atom is -0.409 e. The number of amidine groups is 1. The van der Waals surface area contributed by atoms with Crippen LogP contribution in [0.3, 0.4) is 0 Å². The molecule has 1 aromatic rings. The van der Waals surface area contributed by atoms with Gasteiger partial charge in [0, 0.05) is 31.1 Å². The van der Waals surface area contributed by atoms with Gasteiger partial charge in [-0.15, -0.1) is 0 Å². The van der Waals surface area contributed by atoms with Gasteiger partial charge in [-0.3, -0.25) is 4.79 Å². The summed E-state index contributed by atoms with van der Waals surface area (Å²) in [4.78, 5) is 11.5. The van der Waals surface area contributed by atoms with Gasteiger partial charge in [-0.1, -0.05) is 11.2 Å². The van der Waals surface area contributed by atoms with Crippen LogP contribution in [0, 0.1) is 5.82 Å². The van der Waals surface area contributed by atoms with E-state index in [2.05, 4.69) is 15.8 Å². The molecule has 116 valence electrons. The molecule has 0 aliphatic carbocycles. The van der Waals surface area contributed by atoms with Crippen molar-refractivity contribution in [1.29, 1.82) is 0 Å². The molecule has 1 amide bonds. The number of carbonyl (C=O) groups excluding carboxylic acids is 1. The minimum atomic E-state index is -0.461. The summed E-state index contributed by atoms with van der Waals surface area (Å²) in [6, 6.07) is 4.18. The molecule has 1 rings (SSSR count). The highest BCUT2D eigenvalue weighted by Gasteiger charge is 2.09. The molecule has 0 aliphatic heterocycles. The number of benzene rings is 1. The van der Waals surface area contributed by atoms with Crippen LogP contribution in [0.5, 0.6) is 0 Å². The highest BCUT2D eigenvalue weighted by atomic mass is 19.1. The van der Waals surface area contributed by atoms with Crippen LogP contribution in [-0.4, -0.2) is 29.5 Å². The van der Waals surface area contributed by atoms with E-state index in [1.807, 2.05) is 13.8 Å². The molecule has 21 heavy (non-hydrogen) atoms. The summed E-state index contributed by atoms with van der Waals surface area (Å²) in [5, 5.41) is 17.4. The van der Waals surface area contributed by atoms with Gasteiger partial charge >= 0.3 is 0 Å². The molecule has 0 spiro atoms. The number of nitrogens with two attached hydrogens (primary N) is 1. The Labute approximate surface area is 123 Å². The summed E-state index contributed by atoms with van der Waals surface area (Å²) in [7, 11) is 0. The number of halogens is 1. The largest absolute Gasteiger partial charge is 0.409 e. The Bertz CT molecular complexity index is 518. The molecule has 0 saturated heterocycles. The first kappa shape index (κ1) is 16.9. The summed E-state index contributed by atoms with van der Waals surface area (Å²) < 4.78 is 13.2. The third-order valence-electron chi connectivity index (χ3n) is 2.75. The zero-order valence-electron chi connectivity index (χ0n) is 12.2. The van der Waals surface area contributed by atoms with Crippen molar-refractivity contribution in [2.75, 3.05) is 6.54 Å². The Kier molecular flexibility index (Phi) is 6.61. The van der Waals surface area contributed by atoms with Crippen molar-refractivity contribution in [2.24, 2.45) is 10.9 Å². The van der Waals surface area contributed by atoms with Crippen LogP contribution in [0.2, 0.25) is 0 Å². The summed E-state index contributed by atoms with van der Waals surface area (Å²) in [6.45, 7) is 4.66. The van der Waals surface area contributed by atoms with E-state index in [1.54, 1.807) is 6.07 Å². The number of rotatable bonds is 7. The maximum atomic E-state index is 13.2. The Morgan fingerprint density at radius 1 is 1.48 bits per heavy atom. The van der Waals surface area contributed by atoms with Crippen LogP contribution in [0.15, 0.2) is 23.4 Å². The van der Waals surface area contributed by atoms with Gasteiger partial charge in [-0.25, -0.2) is 4.39 Å². The van der Waals surface area contributed by atoms with Crippen molar-refractivity contribution in [2.45, 2.75) is 32.9 Å². The van der Waals surface area contributed by atoms with Crippen molar-refractivity contribution in [1.82, 2.24) is 10.6 Å². The molecular formula is C14H21FN4O2. The average Bonchev–Trinajstić information content (AvgIpc) is 2.43. The van der Waals surface area contributed by atoms with E-state index in [-0.39, 0.29) is 17.8 Å². The quantitative estimate of drug-likeness (QED) is 0.198. The molecule has 0 fully saturated rings. The predicted octanol–water partition coefficient (Wildman–Crippen LogP) is 0.924. The van der Waals surface area contributed by atoms with Crippen molar-refractivity contribution >= 4 is 11.7 Å². The lowest BCUT2D eigenvalue weighted by atomic mass is 10.1. The first-order chi connectivity index (χ1) is 9.93. The number of oxime groups is 1. The molecule has 0 radical (unpaired) electrons. The second kappa shape index (κ2) is 8.21. The zero-order valence-corrected chi connectivity index (χ0v) is 12.2. The Morgan fingerprint density at radius 2 is 2.19 bits per heavy atom. The predicted molar refractivity (Wildman–Crippen MR) is 78.5 cm³/mol. The van der Waals surface area contributed by atoms with Crippen molar-refractivity contribution in [3.05, 3.63) is 35.1 Å². The smallest absolute Gasteiger partial charge is 0.221 e. The molecule has 0 aromatic heterocycles. The molecular weight excluding hydrogens is 275 g/mol. The van der Waals surface area contributed by atoms with E-state index < -0.39 is 5.82 Å². The fourth-order valence-electron chi connectivity index (χ4n) is 1.81. The first-order valence-corrected chi connectivity index (χ1v) is 6.70. The van der Waals surface area contributed by atoms with Gasteiger partial charge in [0.15, 0.2) is 5.84 Å². The Balaban J connectivity index is 2.54. The van der Waals surface area contributed by atoms with Gasteiger partial charge in [0.1, 0.15) is 5.82 Å². The molecule has 5 N–H and O–H groups in total. The number of amides is 1. The maximum absolute atomic E-state index is 13.2. The van der Waals surface area contributed by atoms with Crippen LogP contribution in [0.25, 0.3) is 0 Å². The van der Waals surface area contributed by atoms with Crippen molar-refractivity contribution < 1.29 is 14.4 Å². The molecule has 1 aromatic carbocycles. The summed E-state index contributed by atoms with van der Waals surface area (Å²) in [6.07, 6.45) is 0.346. The van der Waals surface area contributed by atoms with Crippen molar-refractivity contribution in [3.8, 4) is 0 Å². The van der Waals surface area contributed by atoms with E-state index in [4.69, 9.17) is 10.9 Å². The lowest BCUT2D eigenvalue weighted by Crippen LogP contribution is -2.32. The van der Waals surface area contributed by atoms with Crippen LogP contribution < -0.4 is 16.4 Å². The Hall–Kier alpha value is -2.15. The van der Waals surface area contributed by atoms with Crippen LogP contribution in [0.4, 0.5) is 4.39 Å². The van der Waals surface area contributed by atoms with Crippen molar-refractivity contribution in [3.63, 3.8) is 0 Å². The van der Waals surface area contributed by atoms with Gasteiger partial charge in [-0.05, 0) is 31.5 Å². The molecule has 0 aliphatic rings.